The molecule has 0 aliphatic heterocycles. The van der Waals surface area contributed by atoms with Crippen LogP contribution in [0.5, 0.6) is 11.5 Å². The number of aryl methyl sites for hydroxylation is 1. The fourth-order valence-electron chi connectivity index (χ4n) is 1.91. The highest BCUT2D eigenvalue weighted by atomic mass is 16.6. The van der Waals surface area contributed by atoms with Gasteiger partial charge in [0, 0.05) is 0 Å². The van der Waals surface area contributed by atoms with Gasteiger partial charge in [-0.2, -0.15) is 0 Å². The Bertz CT molecular complexity index is 706. The third kappa shape index (κ3) is 3.14. The summed E-state index contributed by atoms with van der Waals surface area (Å²) in [5.41, 5.74) is 0.568. The minimum atomic E-state index is -1.47. The van der Waals surface area contributed by atoms with Gasteiger partial charge in [0.1, 0.15) is 17.9 Å². The summed E-state index contributed by atoms with van der Waals surface area (Å²) in [5, 5.41) is 29.5. The van der Waals surface area contributed by atoms with Crippen molar-refractivity contribution in [3.05, 3.63) is 63.2 Å². The van der Waals surface area contributed by atoms with Crippen LogP contribution in [0, 0.1) is 17.0 Å². The smallest absolute Gasteiger partial charge is 0.339 e. The molecular weight excluding hydrogens is 290 g/mol. The first-order chi connectivity index (χ1) is 10.4. The molecular formula is C15H13NO6. The number of rotatable bonds is 5. The van der Waals surface area contributed by atoms with Gasteiger partial charge in [0.2, 0.25) is 5.75 Å². The third-order valence-corrected chi connectivity index (χ3v) is 3.15. The molecule has 7 nitrogen and oxygen atoms in total. The predicted molar refractivity (Wildman–Crippen MR) is 77.2 cm³/mol. The van der Waals surface area contributed by atoms with E-state index in [0.29, 0.717) is 0 Å². The number of carboxylic acid groups (broad SMARTS) is 1. The molecule has 0 spiro atoms. The van der Waals surface area contributed by atoms with Gasteiger partial charge in [-0.1, -0.05) is 24.3 Å². The Balaban J connectivity index is 2.33. The molecule has 0 amide bonds. The van der Waals surface area contributed by atoms with E-state index in [2.05, 4.69) is 0 Å². The molecule has 2 rings (SSSR count). The second-order valence-electron chi connectivity index (χ2n) is 4.62. The van der Waals surface area contributed by atoms with Gasteiger partial charge in [-0.25, -0.2) is 4.79 Å². The van der Waals surface area contributed by atoms with Crippen molar-refractivity contribution in [1.82, 2.24) is 0 Å². The summed E-state index contributed by atoms with van der Waals surface area (Å²) in [5.74, 6) is -2.35. The minimum Gasteiger partial charge on any atom is -0.501 e. The van der Waals surface area contributed by atoms with E-state index in [1.54, 1.807) is 0 Å². The Labute approximate surface area is 125 Å². The van der Waals surface area contributed by atoms with Gasteiger partial charge in [-0.3, -0.25) is 10.1 Å². The summed E-state index contributed by atoms with van der Waals surface area (Å²) < 4.78 is 5.43. The van der Waals surface area contributed by atoms with E-state index in [0.717, 1.165) is 23.3 Å². The maximum atomic E-state index is 11.0. The highest BCUT2D eigenvalue weighted by molar-refractivity contribution is 5.93. The number of nitro groups is 1. The zero-order chi connectivity index (χ0) is 16.3. The lowest BCUT2D eigenvalue weighted by Crippen LogP contribution is -2.03. The fourth-order valence-corrected chi connectivity index (χ4v) is 1.91. The zero-order valence-electron chi connectivity index (χ0n) is 11.6. The molecule has 114 valence electrons. The molecule has 0 saturated carbocycles. The maximum absolute atomic E-state index is 11.0. The fraction of sp³-hybridized carbons (Fsp3) is 0.133. The van der Waals surface area contributed by atoms with E-state index >= 15 is 0 Å². The van der Waals surface area contributed by atoms with E-state index in [1.165, 1.54) is 0 Å². The van der Waals surface area contributed by atoms with Gasteiger partial charge < -0.3 is 14.9 Å². The number of benzene rings is 2. The average Bonchev–Trinajstić information content (AvgIpc) is 2.47. The van der Waals surface area contributed by atoms with E-state index < -0.39 is 27.9 Å². The lowest BCUT2D eigenvalue weighted by Gasteiger charge is -2.10. The van der Waals surface area contributed by atoms with Gasteiger partial charge in [0.25, 0.3) is 0 Å². The topological polar surface area (TPSA) is 110 Å². The van der Waals surface area contributed by atoms with Crippen LogP contribution in [-0.2, 0) is 6.61 Å². The SMILES string of the molecule is Cc1ccccc1COc1cc(C(=O)O)c(O)c([N+](=O)[O-])c1. The molecule has 0 unspecified atom stereocenters. The van der Waals surface area contributed by atoms with Crippen LogP contribution in [0.4, 0.5) is 5.69 Å². The molecule has 0 aromatic heterocycles. The second kappa shape index (κ2) is 6.13. The summed E-state index contributed by atoms with van der Waals surface area (Å²) in [6.07, 6.45) is 0. The molecule has 0 saturated heterocycles. The summed E-state index contributed by atoms with van der Waals surface area (Å²) >= 11 is 0. The van der Waals surface area contributed by atoms with Gasteiger partial charge in [-0.15, -0.1) is 0 Å². The van der Waals surface area contributed by atoms with Gasteiger partial charge in [0.05, 0.1) is 11.0 Å². The lowest BCUT2D eigenvalue weighted by molar-refractivity contribution is -0.386. The second-order valence-corrected chi connectivity index (χ2v) is 4.62. The molecule has 2 aromatic carbocycles. The van der Waals surface area contributed by atoms with E-state index in [1.807, 2.05) is 31.2 Å². The van der Waals surface area contributed by atoms with Crippen molar-refractivity contribution in [2.75, 3.05) is 0 Å². The van der Waals surface area contributed by atoms with E-state index in [-0.39, 0.29) is 12.4 Å². The van der Waals surface area contributed by atoms with Gasteiger partial charge in [-0.05, 0) is 24.1 Å². The van der Waals surface area contributed by atoms with Crippen LogP contribution in [0.3, 0.4) is 0 Å². The van der Waals surface area contributed by atoms with Crippen LogP contribution in [0.15, 0.2) is 36.4 Å². The van der Waals surface area contributed by atoms with Crippen LogP contribution < -0.4 is 4.74 Å². The number of aromatic carboxylic acids is 1. The molecule has 0 atom stereocenters. The Hall–Kier alpha value is -3.09. The molecule has 2 aromatic rings. The summed E-state index contributed by atoms with van der Waals surface area (Å²) in [7, 11) is 0. The summed E-state index contributed by atoms with van der Waals surface area (Å²) in [6.45, 7) is 2.02. The lowest BCUT2D eigenvalue weighted by atomic mass is 10.1. The quantitative estimate of drug-likeness (QED) is 0.649. The molecule has 0 heterocycles. The monoisotopic (exact) mass is 303 g/mol. The molecule has 0 aliphatic rings. The Morgan fingerprint density at radius 1 is 1.32 bits per heavy atom. The number of nitrogens with zero attached hydrogens (tertiary/aromatic N) is 1. The number of hydrogen-bond acceptors (Lipinski definition) is 5. The maximum Gasteiger partial charge on any atom is 0.339 e. The van der Waals surface area contributed by atoms with Gasteiger partial charge >= 0.3 is 11.7 Å². The standard InChI is InChI=1S/C15H13NO6/c1-9-4-2-3-5-10(9)8-22-11-6-12(15(18)19)14(17)13(7-11)16(20)21/h2-7,17H,8H2,1H3,(H,18,19). The third-order valence-electron chi connectivity index (χ3n) is 3.15. The first-order valence-electron chi connectivity index (χ1n) is 6.32. The first kappa shape index (κ1) is 15.3. The average molecular weight is 303 g/mol. The molecule has 0 fully saturated rings. The number of phenols is 1. The predicted octanol–water partition coefficient (Wildman–Crippen LogP) is 2.89. The summed E-state index contributed by atoms with van der Waals surface area (Å²) in [4.78, 5) is 21.1. The number of hydrogen-bond donors (Lipinski definition) is 2. The van der Waals surface area contributed by atoms with E-state index in [4.69, 9.17) is 9.84 Å². The van der Waals surface area contributed by atoms with Crippen molar-refractivity contribution >= 4 is 11.7 Å². The normalized spacial score (nSPS) is 10.2. The zero-order valence-corrected chi connectivity index (χ0v) is 11.6. The highest BCUT2D eigenvalue weighted by Gasteiger charge is 2.23. The number of nitro benzene ring substituents is 1. The molecule has 22 heavy (non-hydrogen) atoms. The van der Waals surface area contributed by atoms with Crippen LogP contribution in [-0.4, -0.2) is 21.1 Å². The van der Waals surface area contributed by atoms with E-state index in [9.17, 15) is 20.0 Å². The summed E-state index contributed by atoms with van der Waals surface area (Å²) in [6, 6.07) is 9.48. The largest absolute Gasteiger partial charge is 0.501 e. The van der Waals surface area contributed by atoms with Crippen LogP contribution in [0.25, 0.3) is 0 Å². The van der Waals surface area contributed by atoms with Gasteiger partial charge in [0.15, 0.2) is 0 Å². The van der Waals surface area contributed by atoms with Crippen molar-refractivity contribution in [3.63, 3.8) is 0 Å². The molecule has 0 radical (unpaired) electrons. The Morgan fingerprint density at radius 2 is 2.00 bits per heavy atom. The van der Waals surface area contributed by atoms with Crippen molar-refractivity contribution in [3.8, 4) is 11.5 Å². The first-order valence-corrected chi connectivity index (χ1v) is 6.32. The van der Waals surface area contributed by atoms with Crippen LogP contribution >= 0.6 is 0 Å². The molecule has 0 bridgehead atoms. The number of aromatic hydroxyl groups is 1. The number of carbonyl (C=O) groups is 1. The molecule has 0 aliphatic carbocycles. The van der Waals surface area contributed by atoms with Crippen molar-refractivity contribution in [2.45, 2.75) is 13.5 Å². The van der Waals surface area contributed by atoms with Crippen LogP contribution in [0.2, 0.25) is 0 Å². The molecule has 7 heteroatoms. The van der Waals surface area contributed by atoms with Crippen LogP contribution in [0.1, 0.15) is 21.5 Å². The van der Waals surface area contributed by atoms with Crippen molar-refractivity contribution in [2.24, 2.45) is 0 Å². The number of ether oxygens (including phenoxy) is 1. The highest BCUT2D eigenvalue weighted by Crippen LogP contribution is 2.34. The molecule has 2 N–H and O–H groups in total. The van der Waals surface area contributed by atoms with Crippen molar-refractivity contribution < 1.29 is 24.7 Å². The number of carboxylic acids is 1. The Morgan fingerprint density at radius 3 is 2.59 bits per heavy atom. The van der Waals surface area contributed by atoms with Crippen molar-refractivity contribution in [1.29, 1.82) is 0 Å². The Kier molecular flexibility index (Phi) is 4.26. The minimum absolute atomic E-state index is 0.00477.